The lowest BCUT2D eigenvalue weighted by Gasteiger charge is -2.33. The second kappa shape index (κ2) is 3.10. The highest BCUT2D eigenvalue weighted by Crippen LogP contribution is 2.52. The number of hydrogen-bond donors (Lipinski definition) is 2. The van der Waals surface area contributed by atoms with Gasteiger partial charge in [-0.3, -0.25) is 0 Å². The van der Waals surface area contributed by atoms with Gasteiger partial charge < -0.3 is 10.2 Å². The van der Waals surface area contributed by atoms with E-state index in [-0.39, 0.29) is 0 Å². The van der Waals surface area contributed by atoms with Gasteiger partial charge in [-0.1, -0.05) is 54.6 Å². The molecule has 2 aromatic rings. The molecule has 0 aliphatic heterocycles. The average Bonchev–Trinajstić information content (AvgIpc) is 2.68. The van der Waals surface area contributed by atoms with Crippen LogP contribution in [0.5, 0.6) is 0 Å². The predicted molar refractivity (Wildman–Crippen MR) is 69.9 cm³/mol. The molecule has 0 heterocycles. The zero-order valence-electron chi connectivity index (χ0n) is 9.67. The molecule has 0 aromatic heterocycles. The van der Waals surface area contributed by atoms with Crippen LogP contribution >= 0.6 is 0 Å². The summed E-state index contributed by atoms with van der Waals surface area (Å²) in [6, 6.07) is 13.7. The van der Waals surface area contributed by atoms with E-state index < -0.39 is 11.7 Å². The Kier molecular flexibility index (Phi) is 1.74. The molecule has 18 heavy (non-hydrogen) atoms. The van der Waals surface area contributed by atoms with Crippen LogP contribution in [0.2, 0.25) is 0 Å². The molecule has 0 spiro atoms. The number of benzene rings is 2. The molecule has 2 nitrogen and oxygen atoms in total. The lowest BCUT2D eigenvalue weighted by atomic mass is 9.80. The molecule has 0 radical (unpaired) electrons. The Bertz CT molecular complexity index is 687. The highest BCUT2D eigenvalue weighted by Gasteiger charge is 2.48. The molecule has 88 valence electrons. The van der Waals surface area contributed by atoms with Crippen molar-refractivity contribution in [1.29, 1.82) is 0 Å². The Morgan fingerprint density at radius 2 is 1.72 bits per heavy atom. The van der Waals surface area contributed by atoms with Crippen LogP contribution in [-0.4, -0.2) is 16.3 Å². The first-order valence-corrected chi connectivity index (χ1v) is 6.05. The summed E-state index contributed by atoms with van der Waals surface area (Å²) in [7, 11) is 0. The van der Waals surface area contributed by atoms with Gasteiger partial charge in [-0.25, -0.2) is 0 Å². The lowest BCUT2D eigenvalue weighted by Crippen LogP contribution is -2.39. The summed E-state index contributed by atoms with van der Waals surface area (Å²) < 4.78 is 0. The van der Waals surface area contributed by atoms with Gasteiger partial charge >= 0.3 is 0 Å². The van der Waals surface area contributed by atoms with Crippen molar-refractivity contribution in [2.24, 2.45) is 0 Å². The predicted octanol–water partition coefficient (Wildman–Crippen LogP) is 2.29. The molecule has 2 aliphatic carbocycles. The second-order valence-electron chi connectivity index (χ2n) is 4.89. The minimum atomic E-state index is -1.29. The molecule has 2 aliphatic rings. The van der Waals surface area contributed by atoms with Crippen molar-refractivity contribution in [2.75, 3.05) is 0 Å². The third-order valence-corrected chi connectivity index (χ3v) is 3.99. The van der Waals surface area contributed by atoms with E-state index >= 15 is 0 Å². The summed E-state index contributed by atoms with van der Waals surface area (Å²) in [5.41, 5.74) is 3.35. The minimum Gasteiger partial charge on any atom is -0.385 e. The second-order valence-corrected chi connectivity index (χ2v) is 4.89. The maximum Gasteiger partial charge on any atom is 0.146 e. The van der Waals surface area contributed by atoms with E-state index in [1.54, 1.807) is 6.08 Å². The smallest absolute Gasteiger partial charge is 0.146 e. The molecule has 2 unspecified atom stereocenters. The van der Waals surface area contributed by atoms with Crippen molar-refractivity contribution in [3.63, 3.8) is 0 Å². The van der Waals surface area contributed by atoms with Gasteiger partial charge in [0.25, 0.3) is 0 Å². The van der Waals surface area contributed by atoms with E-state index in [1.165, 1.54) is 0 Å². The van der Waals surface area contributed by atoms with E-state index in [4.69, 9.17) is 0 Å². The SMILES string of the molecule is OC1C=Cc2cccc3c2C1(O)c1ccccc1-3. The molecule has 0 saturated heterocycles. The van der Waals surface area contributed by atoms with Crippen LogP contribution in [-0.2, 0) is 5.60 Å². The van der Waals surface area contributed by atoms with E-state index in [0.717, 1.165) is 27.8 Å². The summed E-state index contributed by atoms with van der Waals surface area (Å²) in [6.07, 6.45) is 2.65. The Morgan fingerprint density at radius 3 is 2.61 bits per heavy atom. The molecule has 0 fully saturated rings. The zero-order valence-corrected chi connectivity index (χ0v) is 9.67. The quantitative estimate of drug-likeness (QED) is 0.736. The van der Waals surface area contributed by atoms with Crippen LogP contribution in [0.4, 0.5) is 0 Å². The fraction of sp³-hybridized carbons (Fsp3) is 0.125. The minimum absolute atomic E-state index is 0.796. The summed E-state index contributed by atoms with van der Waals surface area (Å²) >= 11 is 0. The van der Waals surface area contributed by atoms with Gasteiger partial charge in [0.2, 0.25) is 0 Å². The van der Waals surface area contributed by atoms with Crippen molar-refractivity contribution in [1.82, 2.24) is 0 Å². The fourth-order valence-electron chi connectivity index (χ4n) is 3.19. The molecular weight excluding hydrogens is 224 g/mol. The summed E-state index contributed by atoms with van der Waals surface area (Å²) in [4.78, 5) is 0. The Balaban J connectivity index is 2.19. The van der Waals surface area contributed by atoms with E-state index in [1.807, 2.05) is 48.5 Å². The van der Waals surface area contributed by atoms with Gasteiger partial charge in [0.05, 0.1) is 0 Å². The summed E-state index contributed by atoms with van der Waals surface area (Å²) in [5, 5.41) is 21.2. The normalized spacial score (nSPS) is 26.9. The van der Waals surface area contributed by atoms with Crippen LogP contribution in [0.15, 0.2) is 48.5 Å². The summed E-state index contributed by atoms with van der Waals surface area (Å²) in [5.74, 6) is 0. The molecule has 2 aromatic carbocycles. The largest absolute Gasteiger partial charge is 0.385 e. The maximum absolute atomic E-state index is 11.0. The lowest BCUT2D eigenvalue weighted by molar-refractivity contribution is -0.0220. The van der Waals surface area contributed by atoms with Gasteiger partial charge in [-0.2, -0.15) is 0 Å². The van der Waals surface area contributed by atoms with Crippen molar-refractivity contribution in [3.05, 3.63) is 65.2 Å². The zero-order chi connectivity index (χ0) is 12.3. The molecule has 2 heteroatoms. The standard InChI is InChI=1S/C16H12O2/c17-14-9-8-10-4-3-6-12-11-5-1-2-7-13(11)16(14,18)15(10)12/h1-9,14,17-18H. The molecule has 4 rings (SSSR count). The highest BCUT2D eigenvalue weighted by molar-refractivity contribution is 5.85. The first-order valence-electron chi connectivity index (χ1n) is 6.05. The van der Waals surface area contributed by atoms with E-state index in [9.17, 15) is 10.2 Å². The van der Waals surface area contributed by atoms with Crippen molar-refractivity contribution in [3.8, 4) is 11.1 Å². The molecule has 0 amide bonds. The van der Waals surface area contributed by atoms with Gasteiger partial charge in [0, 0.05) is 5.56 Å². The summed E-state index contributed by atoms with van der Waals surface area (Å²) in [6.45, 7) is 0. The van der Waals surface area contributed by atoms with Gasteiger partial charge in [-0.15, -0.1) is 0 Å². The fourth-order valence-corrected chi connectivity index (χ4v) is 3.19. The van der Waals surface area contributed by atoms with Gasteiger partial charge in [-0.05, 0) is 22.3 Å². The average molecular weight is 236 g/mol. The first-order chi connectivity index (χ1) is 8.73. The van der Waals surface area contributed by atoms with Crippen LogP contribution in [0.3, 0.4) is 0 Å². The van der Waals surface area contributed by atoms with Crippen LogP contribution in [0.25, 0.3) is 17.2 Å². The van der Waals surface area contributed by atoms with Crippen molar-refractivity contribution in [2.45, 2.75) is 11.7 Å². The van der Waals surface area contributed by atoms with E-state index in [2.05, 4.69) is 0 Å². The number of aliphatic hydroxyl groups excluding tert-OH is 1. The monoisotopic (exact) mass is 236 g/mol. The van der Waals surface area contributed by atoms with Crippen LogP contribution in [0, 0.1) is 0 Å². The van der Waals surface area contributed by atoms with Crippen LogP contribution in [0.1, 0.15) is 16.7 Å². The molecular formula is C16H12O2. The molecule has 2 N–H and O–H groups in total. The third kappa shape index (κ3) is 0.964. The van der Waals surface area contributed by atoms with Gasteiger partial charge in [0.15, 0.2) is 0 Å². The van der Waals surface area contributed by atoms with Crippen LogP contribution < -0.4 is 0 Å². The topological polar surface area (TPSA) is 40.5 Å². The highest BCUT2D eigenvalue weighted by atomic mass is 16.3. The number of hydrogen-bond acceptors (Lipinski definition) is 2. The molecule has 2 atom stereocenters. The first kappa shape index (κ1) is 10.1. The Labute approximate surface area is 105 Å². The maximum atomic E-state index is 11.0. The third-order valence-electron chi connectivity index (χ3n) is 3.99. The number of rotatable bonds is 0. The molecule has 0 saturated carbocycles. The number of fused-ring (bicyclic) bond motifs is 3. The Morgan fingerprint density at radius 1 is 0.944 bits per heavy atom. The van der Waals surface area contributed by atoms with Crippen molar-refractivity contribution < 1.29 is 10.2 Å². The number of aliphatic hydroxyl groups is 2. The molecule has 0 bridgehead atoms. The van der Waals surface area contributed by atoms with Gasteiger partial charge in [0.1, 0.15) is 11.7 Å². The van der Waals surface area contributed by atoms with E-state index in [0.29, 0.717) is 0 Å². The van der Waals surface area contributed by atoms with Crippen molar-refractivity contribution >= 4 is 6.08 Å². The Hall–Kier alpha value is -1.90.